The third-order valence-corrected chi connectivity index (χ3v) is 4.69. The molecule has 130 valence electrons. The van der Waals surface area contributed by atoms with Gasteiger partial charge in [-0.05, 0) is 36.4 Å². The van der Waals surface area contributed by atoms with Gasteiger partial charge in [-0.3, -0.25) is 19.7 Å². The van der Waals surface area contributed by atoms with E-state index in [9.17, 15) is 29.2 Å². The molecule has 1 unspecified atom stereocenters. The molecule has 0 aliphatic rings. The Labute approximate surface area is 150 Å². The van der Waals surface area contributed by atoms with Gasteiger partial charge in [0.05, 0.1) is 9.82 Å². The van der Waals surface area contributed by atoms with Crippen LogP contribution in [-0.4, -0.2) is 27.0 Å². The minimum atomic E-state index is -1.29. The van der Waals surface area contributed by atoms with Crippen LogP contribution in [0.1, 0.15) is 16.8 Å². The highest BCUT2D eigenvalue weighted by molar-refractivity contribution is 8.00. The molecule has 0 fully saturated rings. The Hall–Kier alpha value is -2.45. The number of aliphatic carboxylic acids is 1. The predicted octanol–water partition coefficient (Wildman–Crippen LogP) is 4.21. The molecular weight excluding hydrogens is 373 g/mol. The number of Topliss-reactive ketones (excluding diaryl/α,β-unsaturated/α-hetero) is 1. The number of thioether (sulfide) groups is 1. The minimum Gasteiger partial charge on any atom is -0.480 e. The molecule has 9 heteroatoms. The van der Waals surface area contributed by atoms with E-state index in [4.69, 9.17) is 11.6 Å². The second-order valence-corrected chi connectivity index (χ2v) is 6.63. The smallest absolute Gasteiger partial charge is 0.317 e. The number of ketones is 1. The number of nitro benzene ring substituents is 1. The highest BCUT2D eigenvalue weighted by Crippen LogP contribution is 2.35. The molecule has 6 nitrogen and oxygen atoms in total. The first-order valence-corrected chi connectivity index (χ1v) is 8.16. The van der Waals surface area contributed by atoms with Gasteiger partial charge in [-0.1, -0.05) is 11.6 Å². The lowest BCUT2D eigenvalue weighted by Crippen LogP contribution is -2.20. The van der Waals surface area contributed by atoms with Gasteiger partial charge in [0.25, 0.3) is 5.69 Å². The minimum absolute atomic E-state index is 0.0914. The van der Waals surface area contributed by atoms with Crippen LogP contribution in [0.4, 0.5) is 10.1 Å². The fraction of sp³-hybridized carbons (Fsp3) is 0.125. The van der Waals surface area contributed by atoms with Crippen molar-refractivity contribution in [2.24, 2.45) is 0 Å². The maximum atomic E-state index is 12.9. The van der Waals surface area contributed by atoms with E-state index >= 15 is 0 Å². The molecule has 1 N–H and O–H groups in total. The number of carboxylic acids is 1. The Bertz CT molecular complexity index is 828. The van der Waals surface area contributed by atoms with Crippen LogP contribution in [0.2, 0.25) is 5.02 Å². The second-order valence-electron chi connectivity index (χ2n) is 4.95. The zero-order chi connectivity index (χ0) is 18.6. The van der Waals surface area contributed by atoms with Crippen molar-refractivity contribution in [2.45, 2.75) is 16.6 Å². The summed E-state index contributed by atoms with van der Waals surface area (Å²) in [5.74, 6) is -2.31. The fourth-order valence-electron chi connectivity index (χ4n) is 1.99. The van der Waals surface area contributed by atoms with Gasteiger partial charge in [-0.15, -0.1) is 11.8 Å². The number of carboxylic acid groups (broad SMARTS) is 1. The topological polar surface area (TPSA) is 97.5 Å². The van der Waals surface area contributed by atoms with Crippen molar-refractivity contribution in [3.05, 3.63) is 69.0 Å². The number of benzene rings is 2. The first-order chi connectivity index (χ1) is 11.8. The summed E-state index contributed by atoms with van der Waals surface area (Å²) in [4.78, 5) is 34.1. The van der Waals surface area contributed by atoms with Crippen LogP contribution in [0.3, 0.4) is 0 Å². The first kappa shape index (κ1) is 18.9. The van der Waals surface area contributed by atoms with Crippen LogP contribution >= 0.6 is 23.4 Å². The summed E-state index contributed by atoms with van der Waals surface area (Å²) in [6.07, 6.45) is -0.397. The van der Waals surface area contributed by atoms with E-state index in [-0.39, 0.29) is 21.2 Å². The third-order valence-electron chi connectivity index (χ3n) is 3.20. The molecule has 0 heterocycles. The fourth-order valence-corrected chi connectivity index (χ4v) is 3.20. The summed E-state index contributed by atoms with van der Waals surface area (Å²) in [6, 6.07) is 8.56. The Balaban J connectivity index is 2.22. The van der Waals surface area contributed by atoms with Crippen molar-refractivity contribution in [1.82, 2.24) is 0 Å². The molecule has 0 aliphatic carbocycles. The Kier molecular flexibility index (Phi) is 6.11. The van der Waals surface area contributed by atoms with Crippen LogP contribution in [0.25, 0.3) is 0 Å². The third kappa shape index (κ3) is 5.01. The molecule has 25 heavy (non-hydrogen) atoms. The number of hydrogen-bond acceptors (Lipinski definition) is 5. The largest absolute Gasteiger partial charge is 0.480 e. The number of carbonyl (C=O) groups is 2. The summed E-state index contributed by atoms with van der Waals surface area (Å²) in [5.41, 5.74) is -0.170. The van der Waals surface area contributed by atoms with Gasteiger partial charge in [-0.25, -0.2) is 4.39 Å². The van der Waals surface area contributed by atoms with Crippen LogP contribution < -0.4 is 0 Å². The molecule has 0 saturated carbocycles. The molecule has 2 rings (SSSR count). The number of carbonyl (C=O) groups excluding carboxylic acids is 1. The number of halogens is 2. The van der Waals surface area contributed by atoms with E-state index in [1.807, 2.05) is 0 Å². The molecule has 0 spiro atoms. The maximum Gasteiger partial charge on any atom is 0.317 e. The van der Waals surface area contributed by atoms with Crippen molar-refractivity contribution in [2.75, 3.05) is 0 Å². The van der Waals surface area contributed by atoms with E-state index in [0.717, 1.165) is 18.2 Å². The van der Waals surface area contributed by atoms with Gasteiger partial charge in [0.2, 0.25) is 0 Å². The van der Waals surface area contributed by atoms with Crippen molar-refractivity contribution in [1.29, 1.82) is 0 Å². The van der Waals surface area contributed by atoms with Gasteiger partial charge >= 0.3 is 5.97 Å². The summed E-state index contributed by atoms with van der Waals surface area (Å²) < 4.78 is 12.9. The number of rotatable bonds is 7. The highest BCUT2D eigenvalue weighted by Gasteiger charge is 2.27. The highest BCUT2D eigenvalue weighted by atomic mass is 35.5. The molecule has 0 amide bonds. The van der Waals surface area contributed by atoms with Crippen molar-refractivity contribution in [3.8, 4) is 0 Å². The van der Waals surface area contributed by atoms with Gasteiger partial charge < -0.3 is 5.11 Å². The molecule has 1 atom stereocenters. The first-order valence-electron chi connectivity index (χ1n) is 6.90. The van der Waals surface area contributed by atoms with E-state index in [0.29, 0.717) is 11.8 Å². The summed E-state index contributed by atoms with van der Waals surface area (Å²) in [5, 5.41) is 19.3. The average Bonchev–Trinajstić information content (AvgIpc) is 2.55. The lowest BCUT2D eigenvalue weighted by molar-refractivity contribution is -0.387. The van der Waals surface area contributed by atoms with Crippen molar-refractivity contribution in [3.63, 3.8) is 0 Å². The normalized spacial score (nSPS) is 11.8. The lowest BCUT2D eigenvalue weighted by Gasteiger charge is -2.12. The Morgan fingerprint density at radius 1 is 1.24 bits per heavy atom. The quantitative estimate of drug-likeness (QED) is 0.333. The summed E-state index contributed by atoms with van der Waals surface area (Å²) in [7, 11) is 0. The SMILES string of the molecule is O=C(CC(Sc1ccc(Cl)cc1[N+](=O)[O-])C(=O)O)c1ccc(F)cc1. The van der Waals surface area contributed by atoms with Gasteiger partial charge in [-0.2, -0.15) is 0 Å². The van der Waals surface area contributed by atoms with Crippen molar-refractivity contribution < 1.29 is 24.0 Å². The maximum absolute atomic E-state index is 12.9. The van der Waals surface area contributed by atoms with Gasteiger partial charge in [0.1, 0.15) is 11.1 Å². The zero-order valence-corrected chi connectivity index (χ0v) is 14.1. The van der Waals surface area contributed by atoms with E-state index in [1.165, 1.54) is 24.3 Å². The summed E-state index contributed by atoms with van der Waals surface area (Å²) >= 11 is 6.41. The van der Waals surface area contributed by atoms with Gasteiger partial charge in [0.15, 0.2) is 5.78 Å². The lowest BCUT2D eigenvalue weighted by atomic mass is 10.1. The monoisotopic (exact) mass is 383 g/mol. The molecule has 0 aliphatic heterocycles. The van der Waals surface area contributed by atoms with E-state index in [1.54, 1.807) is 0 Å². The van der Waals surface area contributed by atoms with Crippen LogP contribution in [0.15, 0.2) is 47.4 Å². The molecule has 0 saturated heterocycles. The van der Waals surface area contributed by atoms with Crippen LogP contribution in [0.5, 0.6) is 0 Å². The molecule has 2 aromatic rings. The standard InChI is InChI=1S/C16H11ClFNO5S/c17-10-3-6-14(12(7-10)19(23)24)25-15(16(21)22)8-13(20)9-1-4-11(18)5-2-9/h1-7,15H,8H2,(H,21,22). The average molecular weight is 384 g/mol. The van der Waals surface area contributed by atoms with Crippen LogP contribution in [0, 0.1) is 15.9 Å². The van der Waals surface area contributed by atoms with E-state index < -0.39 is 34.2 Å². The number of nitrogens with zero attached hydrogens (tertiary/aromatic N) is 1. The molecule has 2 aromatic carbocycles. The van der Waals surface area contributed by atoms with Crippen molar-refractivity contribution >= 4 is 40.8 Å². The molecular formula is C16H11ClFNO5S. The predicted molar refractivity (Wildman–Crippen MR) is 90.7 cm³/mol. The Morgan fingerprint density at radius 2 is 1.88 bits per heavy atom. The zero-order valence-electron chi connectivity index (χ0n) is 12.5. The molecule has 0 radical (unpaired) electrons. The number of hydrogen-bond donors (Lipinski definition) is 1. The number of nitro groups is 1. The summed E-state index contributed by atoms with van der Waals surface area (Å²) in [6.45, 7) is 0. The van der Waals surface area contributed by atoms with E-state index in [2.05, 4.69) is 0 Å². The molecule has 0 aromatic heterocycles. The Morgan fingerprint density at radius 3 is 2.44 bits per heavy atom. The van der Waals surface area contributed by atoms with Crippen LogP contribution in [-0.2, 0) is 4.79 Å². The molecule has 0 bridgehead atoms. The second kappa shape index (κ2) is 8.09. The van der Waals surface area contributed by atoms with Gasteiger partial charge in [0, 0.05) is 23.1 Å².